The largest absolute Gasteiger partial charge is 0.394 e. The quantitative estimate of drug-likeness (QED) is 0.857. The fourth-order valence-corrected chi connectivity index (χ4v) is 3.66. The second-order valence-electron chi connectivity index (χ2n) is 5.81. The molecule has 0 saturated carbocycles. The van der Waals surface area contributed by atoms with Gasteiger partial charge in [0.25, 0.3) is 0 Å². The molecule has 0 radical (unpaired) electrons. The Kier molecular flexibility index (Phi) is 4.90. The minimum Gasteiger partial charge on any atom is -0.394 e. The van der Waals surface area contributed by atoms with Crippen LogP contribution in [0.2, 0.25) is 0 Å². The normalized spacial score (nSPS) is 19.4. The Labute approximate surface area is 135 Å². The van der Waals surface area contributed by atoms with Gasteiger partial charge in [0, 0.05) is 18.7 Å². The highest BCUT2D eigenvalue weighted by Crippen LogP contribution is 2.24. The molecule has 6 heteroatoms. The lowest BCUT2D eigenvalue weighted by atomic mass is 10.1. The summed E-state index contributed by atoms with van der Waals surface area (Å²) in [6.07, 6.45) is 4.71. The van der Waals surface area contributed by atoms with Crippen molar-refractivity contribution in [3.63, 3.8) is 0 Å². The van der Waals surface area contributed by atoms with E-state index in [9.17, 15) is 5.11 Å². The van der Waals surface area contributed by atoms with E-state index in [1.54, 1.807) is 17.7 Å². The Morgan fingerprint density at radius 2 is 2.41 bits per heavy atom. The molecule has 1 aliphatic heterocycles. The van der Waals surface area contributed by atoms with Crippen LogP contribution in [-0.2, 0) is 6.42 Å². The van der Waals surface area contributed by atoms with Crippen molar-refractivity contribution in [1.82, 2.24) is 9.97 Å². The molecule has 0 aromatic carbocycles. The minimum absolute atomic E-state index is 0.182. The first kappa shape index (κ1) is 15.2. The van der Waals surface area contributed by atoms with Gasteiger partial charge in [-0.3, -0.25) is 0 Å². The number of nitrogens with one attached hydrogen (secondary N) is 1. The van der Waals surface area contributed by atoms with Gasteiger partial charge in [0.2, 0.25) is 0 Å². The molecule has 0 unspecified atom stereocenters. The highest BCUT2D eigenvalue weighted by molar-refractivity contribution is 7.07. The molecule has 1 fully saturated rings. The zero-order valence-electron chi connectivity index (χ0n) is 12.8. The van der Waals surface area contributed by atoms with Crippen LogP contribution in [0.25, 0.3) is 0 Å². The third-order valence-corrected chi connectivity index (χ3v) is 4.78. The van der Waals surface area contributed by atoms with Crippen molar-refractivity contribution >= 4 is 23.0 Å². The lowest BCUT2D eigenvalue weighted by molar-refractivity contribution is 0.266. The first-order valence-corrected chi connectivity index (χ1v) is 8.67. The van der Waals surface area contributed by atoms with E-state index in [-0.39, 0.29) is 12.6 Å². The monoisotopic (exact) mass is 318 g/mol. The van der Waals surface area contributed by atoms with Gasteiger partial charge in [-0.25, -0.2) is 9.97 Å². The molecule has 1 aliphatic rings. The minimum atomic E-state index is 0.182. The number of thiophene rings is 1. The molecule has 0 aliphatic carbocycles. The number of nitrogens with zero attached hydrogens (tertiary/aromatic N) is 3. The average Bonchev–Trinajstić information content (AvgIpc) is 3.18. The Morgan fingerprint density at radius 1 is 1.50 bits per heavy atom. The highest BCUT2D eigenvalue weighted by Gasteiger charge is 2.25. The molecule has 0 amide bonds. The third-order valence-electron chi connectivity index (χ3n) is 4.05. The molecule has 118 valence electrons. The van der Waals surface area contributed by atoms with Gasteiger partial charge in [-0.05, 0) is 48.6 Å². The van der Waals surface area contributed by atoms with Crippen LogP contribution in [0.1, 0.15) is 25.3 Å². The van der Waals surface area contributed by atoms with Crippen LogP contribution in [0, 0.1) is 0 Å². The lowest BCUT2D eigenvalue weighted by Crippen LogP contribution is -2.32. The van der Waals surface area contributed by atoms with Crippen molar-refractivity contribution in [3.8, 4) is 0 Å². The van der Waals surface area contributed by atoms with Crippen molar-refractivity contribution < 1.29 is 5.11 Å². The van der Waals surface area contributed by atoms with Crippen LogP contribution in [0.15, 0.2) is 29.2 Å². The van der Waals surface area contributed by atoms with Gasteiger partial charge >= 0.3 is 0 Å². The number of anilines is 2. The predicted octanol–water partition coefficient (Wildman–Crippen LogP) is 2.54. The van der Waals surface area contributed by atoms with Crippen LogP contribution in [0.3, 0.4) is 0 Å². The van der Waals surface area contributed by atoms with Crippen LogP contribution in [-0.4, -0.2) is 40.3 Å². The fourth-order valence-electron chi connectivity index (χ4n) is 2.98. The molecular weight excluding hydrogens is 296 g/mol. The van der Waals surface area contributed by atoms with Crippen molar-refractivity contribution in [3.05, 3.63) is 34.8 Å². The summed E-state index contributed by atoms with van der Waals surface area (Å²) in [5.41, 5.74) is 1.35. The maximum Gasteiger partial charge on any atom is 0.134 e. The van der Waals surface area contributed by atoms with Crippen molar-refractivity contribution in [2.24, 2.45) is 0 Å². The predicted molar refractivity (Wildman–Crippen MR) is 90.6 cm³/mol. The molecule has 3 rings (SSSR count). The fraction of sp³-hybridized carbons (Fsp3) is 0.500. The Bertz CT molecular complexity index is 590. The molecule has 1 saturated heterocycles. The SMILES string of the molecule is C[C@H](Cc1ccsc1)Nc1cc(N2CCC[C@H]2CO)ncn1. The molecule has 2 aromatic rings. The number of hydrogen-bond acceptors (Lipinski definition) is 6. The average molecular weight is 318 g/mol. The molecule has 2 atom stereocenters. The van der Waals surface area contributed by atoms with E-state index in [0.29, 0.717) is 6.04 Å². The van der Waals surface area contributed by atoms with Gasteiger partial charge in [0.15, 0.2) is 0 Å². The molecule has 3 heterocycles. The molecule has 0 bridgehead atoms. The van der Waals surface area contributed by atoms with Crippen molar-refractivity contribution in [2.75, 3.05) is 23.4 Å². The first-order chi connectivity index (χ1) is 10.8. The zero-order valence-corrected chi connectivity index (χ0v) is 13.6. The van der Waals surface area contributed by atoms with E-state index < -0.39 is 0 Å². The zero-order chi connectivity index (χ0) is 15.4. The number of rotatable bonds is 6. The summed E-state index contributed by atoms with van der Waals surface area (Å²) < 4.78 is 0. The first-order valence-electron chi connectivity index (χ1n) is 7.73. The lowest BCUT2D eigenvalue weighted by Gasteiger charge is -2.24. The summed E-state index contributed by atoms with van der Waals surface area (Å²) in [7, 11) is 0. The standard InChI is InChI=1S/C16H22N4OS/c1-12(7-13-4-6-22-10-13)19-15-8-16(18-11-17-15)20-5-2-3-14(20)9-21/h4,6,8,10-12,14,21H,2-3,5,7,9H2,1H3,(H,17,18,19)/t12-,14+/m1/s1. The molecule has 0 spiro atoms. The molecular formula is C16H22N4OS. The van der Waals surface area contributed by atoms with Gasteiger partial charge in [-0.2, -0.15) is 11.3 Å². The van der Waals surface area contributed by atoms with E-state index in [1.807, 2.05) is 6.07 Å². The topological polar surface area (TPSA) is 61.3 Å². The Balaban J connectivity index is 1.66. The summed E-state index contributed by atoms with van der Waals surface area (Å²) in [5, 5.41) is 17.2. The van der Waals surface area contributed by atoms with Crippen molar-refractivity contribution in [1.29, 1.82) is 0 Å². The van der Waals surface area contributed by atoms with Crippen LogP contribution < -0.4 is 10.2 Å². The van der Waals surface area contributed by atoms with Gasteiger partial charge < -0.3 is 15.3 Å². The van der Waals surface area contributed by atoms with E-state index in [0.717, 1.165) is 37.4 Å². The summed E-state index contributed by atoms with van der Waals surface area (Å²) in [6, 6.07) is 4.64. The van der Waals surface area contributed by atoms with E-state index in [1.165, 1.54) is 5.56 Å². The van der Waals surface area contributed by atoms with Crippen molar-refractivity contribution in [2.45, 2.75) is 38.3 Å². The van der Waals surface area contributed by atoms with E-state index >= 15 is 0 Å². The number of aromatic nitrogens is 2. The Hall–Kier alpha value is -1.66. The van der Waals surface area contributed by atoms with E-state index in [2.05, 4.69) is 43.9 Å². The third kappa shape index (κ3) is 3.56. The number of hydrogen-bond donors (Lipinski definition) is 2. The second-order valence-corrected chi connectivity index (χ2v) is 6.59. The highest BCUT2D eigenvalue weighted by atomic mass is 32.1. The van der Waals surface area contributed by atoms with Gasteiger partial charge in [-0.15, -0.1) is 0 Å². The summed E-state index contributed by atoms with van der Waals surface area (Å²) in [5.74, 6) is 1.74. The summed E-state index contributed by atoms with van der Waals surface area (Å²) >= 11 is 1.73. The van der Waals surface area contributed by atoms with Gasteiger partial charge in [0.05, 0.1) is 12.6 Å². The maximum atomic E-state index is 9.46. The maximum absolute atomic E-state index is 9.46. The molecule has 22 heavy (non-hydrogen) atoms. The molecule has 5 nitrogen and oxygen atoms in total. The van der Waals surface area contributed by atoms with Crippen LogP contribution >= 0.6 is 11.3 Å². The van der Waals surface area contributed by atoms with Crippen LogP contribution in [0.4, 0.5) is 11.6 Å². The van der Waals surface area contributed by atoms with Gasteiger partial charge in [-0.1, -0.05) is 0 Å². The number of aliphatic hydroxyl groups is 1. The smallest absolute Gasteiger partial charge is 0.134 e. The Morgan fingerprint density at radius 3 is 3.18 bits per heavy atom. The molecule has 2 aromatic heterocycles. The summed E-state index contributed by atoms with van der Waals surface area (Å²) in [4.78, 5) is 10.9. The number of aliphatic hydroxyl groups excluding tert-OH is 1. The van der Waals surface area contributed by atoms with Gasteiger partial charge in [0.1, 0.15) is 18.0 Å². The van der Waals surface area contributed by atoms with Crippen LogP contribution in [0.5, 0.6) is 0 Å². The van der Waals surface area contributed by atoms with E-state index in [4.69, 9.17) is 0 Å². The molecule has 2 N–H and O–H groups in total. The summed E-state index contributed by atoms with van der Waals surface area (Å²) in [6.45, 7) is 3.29. The second kappa shape index (κ2) is 7.07.